The van der Waals surface area contributed by atoms with Crippen LogP contribution in [-0.4, -0.2) is 29.9 Å². The second kappa shape index (κ2) is 6.88. The Bertz CT molecular complexity index is 606. The zero-order valence-corrected chi connectivity index (χ0v) is 12.8. The average molecular weight is 283 g/mol. The fraction of sp³-hybridized carbons (Fsp3) is 0.294. The van der Waals surface area contributed by atoms with Crippen molar-refractivity contribution in [1.82, 2.24) is 9.88 Å². The third-order valence-corrected chi connectivity index (χ3v) is 3.44. The van der Waals surface area contributed by atoms with Crippen LogP contribution in [0.3, 0.4) is 0 Å². The molecule has 4 nitrogen and oxygen atoms in total. The Morgan fingerprint density at radius 2 is 1.90 bits per heavy atom. The van der Waals surface area contributed by atoms with E-state index in [1.165, 1.54) is 11.1 Å². The molecule has 0 spiro atoms. The molecule has 1 amide bonds. The normalized spacial score (nSPS) is 10.2. The summed E-state index contributed by atoms with van der Waals surface area (Å²) in [5.74, 6) is 0.113. The van der Waals surface area contributed by atoms with Crippen molar-refractivity contribution >= 4 is 11.6 Å². The van der Waals surface area contributed by atoms with Gasteiger partial charge in [0.1, 0.15) is 0 Å². The van der Waals surface area contributed by atoms with Crippen LogP contribution in [0.15, 0.2) is 42.7 Å². The van der Waals surface area contributed by atoms with E-state index in [0.29, 0.717) is 6.42 Å². The molecular weight excluding hydrogens is 262 g/mol. The minimum atomic E-state index is 0.113. The zero-order valence-electron chi connectivity index (χ0n) is 12.8. The van der Waals surface area contributed by atoms with Gasteiger partial charge >= 0.3 is 0 Å². The highest BCUT2D eigenvalue weighted by Crippen LogP contribution is 2.13. The maximum atomic E-state index is 11.6. The average Bonchev–Trinajstić information content (AvgIpc) is 2.48. The van der Waals surface area contributed by atoms with Crippen LogP contribution in [0.5, 0.6) is 0 Å². The fourth-order valence-electron chi connectivity index (χ4n) is 1.95. The third kappa shape index (κ3) is 4.31. The Morgan fingerprint density at radius 1 is 1.19 bits per heavy atom. The number of aryl methyl sites for hydroxylation is 1. The van der Waals surface area contributed by atoms with Crippen LogP contribution >= 0.6 is 0 Å². The summed E-state index contributed by atoms with van der Waals surface area (Å²) in [4.78, 5) is 17.4. The molecule has 0 aliphatic rings. The van der Waals surface area contributed by atoms with Gasteiger partial charge in [0.15, 0.2) is 0 Å². The van der Waals surface area contributed by atoms with Crippen LogP contribution in [0, 0.1) is 6.92 Å². The number of likely N-dealkylation sites (N-methyl/N-ethyl adjacent to an activating group) is 1. The molecule has 0 unspecified atom stereocenters. The Morgan fingerprint density at radius 3 is 2.52 bits per heavy atom. The lowest BCUT2D eigenvalue weighted by Gasteiger charge is -2.11. The van der Waals surface area contributed by atoms with Gasteiger partial charge < -0.3 is 10.2 Å². The van der Waals surface area contributed by atoms with Crippen LogP contribution in [0.25, 0.3) is 0 Å². The molecule has 110 valence electrons. The van der Waals surface area contributed by atoms with Gasteiger partial charge in [-0.2, -0.15) is 0 Å². The number of nitrogens with one attached hydrogen (secondary N) is 1. The summed E-state index contributed by atoms with van der Waals surface area (Å²) in [6.45, 7) is 2.82. The van der Waals surface area contributed by atoms with Crippen molar-refractivity contribution in [3.8, 4) is 0 Å². The molecule has 2 rings (SSSR count). The first-order chi connectivity index (χ1) is 10.1. The first kappa shape index (κ1) is 15.0. The summed E-state index contributed by atoms with van der Waals surface area (Å²) >= 11 is 0. The van der Waals surface area contributed by atoms with E-state index in [2.05, 4.69) is 17.2 Å². The predicted octanol–water partition coefficient (Wildman–Crippen LogP) is 2.63. The van der Waals surface area contributed by atoms with Crippen LogP contribution in [0.4, 0.5) is 5.69 Å². The predicted molar refractivity (Wildman–Crippen MR) is 85.1 cm³/mol. The van der Waals surface area contributed by atoms with Crippen LogP contribution in [0.2, 0.25) is 0 Å². The third-order valence-electron chi connectivity index (χ3n) is 3.44. The summed E-state index contributed by atoms with van der Waals surface area (Å²) in [7, 11) is 3.54. The number of carbonyl (C=O) groups is 1. The van der Waals surface area contributed by atoms with Gasteiger partial charge in [-0.25, -0.2) is 0 Å². The molecule has 0 aliphatic carbocycles. The van der Waals surface area contributed by atoms with Gasteiger partial charge in [0.25, 0.3) is 0 Å². The van der Waals surface area contributed by atoms with Gasteiger partial charge in [-0.1, -0.05) is 12.1 Å². The van der Waals surface area contributed by atoms with Crippen LogP contribution < -0.4 is 5.32 Å². The van der Waals surface area contributed by atoms with E-state index < -0.39 is 0 Å². The summed E-state index contributed by atoms with van der Waals surface area (Å²) in [6.07, 6.45) is 4.12. The molecule has 1 aromatic heterocycles. The zero-order chi connectivity index (χ0) is 15.2. The van der Waals surface area contributed by atoms with E-state index in [1.54, 1.807) is 25.2 Å². The first-order valence-electron chi connectivity index (χ1n) is 6.98. The van der Waals surface area contributed by atoms with Crippen molar-refractivity contribution in [2.24, 2.45) is 0 Å². The summed E-state index contributed by atoms with van der Waals surface area (Å²) in [5.41, 5.74) is 4.48. The number of hydrogen-bond acceptors (Lipinski definition) is 3. The van der Waals surface area contributed by atoms with Crippen LogP contribution in [-0.2, 0) is 17.8 Å². The lowest BCUT2D eigenvalue weighted by molar-refractivity contribution is -0.127. The molecule has 2 aromatic rings. The molecule has 0 bridgehead atoms. The smallest absolute Gasteiger partial charge is 0.226 e. The number of anilines is 1. The molecule has 1 N–H and O–H groups in total. The Hall–Kier alpha value is -2.36. The molecule has 0 saturated heterocycles. The number of amides is 1. The van der Waals surface area contributed by atoms with E-state index in [0.717, 1.165) is 17.8 Å². The van der Waals surface area contributed by atoms with Gasteiger partial charge in [0, 0.05) is 38.7 Å². The highest BCUT2D eigenvalue weighted by molar-refractivity contribution is 5.78. The topological polar surface area (TPSA) is 45.2 Å². The molecule has 0 saturated carbocycles. The number of rotatable bonds is 5. The lowest BCUT2D eigenvalue weighted by atomic mass is 10.1. The van der Waals surface area contributed by atoms with E-state index >= 15 is 0 Å². The summed E-state index contributed by atoms with van der Waals surface area (Å²) in [5, 5.41) is 3.37. The Balaban J connectivity index is 1.94. The van der Waals surface area contributed by atoms with Gasteiger partial charge in [0.2, 0.25) is 5.91 Å². The standard InChI is InChI=1S/C17H21N3O/c1-13-8-9-18-11-15(13)12-19-16-6-4-14(5-7-16)10-17(21)20(2)3/h4-9,11,19H,10,12H2,1-3H3. The van der Waals surface area contributed by atoms with Crippen molar-refractivity contribution < 1.29 is 4.79 Å². The quantitative estimate of drug-likeness (QED) is 0.917. The largest absolute Gasteiger partial charge is 0.381 e. The van der Waals surface area contributed by atoms with Crippen molar-refractivity contribution in [3.05, 3.63) is 59.4 Å². The molecular formula is C17H21N3O. The van der Waals surface area contributed by atoms with Gasteiger partial charge in [0.05, 0.1) is 6.42 Å². The van der Waals surface area contributed by atoms with Crippen molar-refractivity contribution in [2.45, 2.75) is 19.9 Å². The molecule has 21 heavy (non-hydrogen) atoms. The first-order valence-corrected chi connectivity index (χ1v) is 6.98. The summed E-state index contributed by atoms with van der Waals surface area (Å²) in [6, 6.07) is 9.99. The van der Waals surface area contributed by atoms with Crippen LogP contribution in [0.1, 0.15) is 16.7 Å². The van der Waals surface area contributed by atoms with Crippen molar-refractivity contribution in [1.29, 1.82) is 0 Å². The molecule has 1 heterocycles. The van der Waals surface area contributed by atoms with E-state index in [9.17, 15) is 4.79 Å². The van der Waals surface area contributed by atoms with E-state index in [1.807, 2.05) is 36.5 Å². The maximum Gasteiger partial charge on any atom is 0.226 e. The minimum Gasteiger partial charge on any atom is -0.381 e. The molecule has 0 aliphatic heterocycles. The second-order valence-electron chi connectivity index (χ2n) is 5.32. The molecule has 0 fully saturated rings. The van der Waals surface area contributed by atoms with Gasteiger partial charge in [-0.05, 0) is 41.8 Å². The van der Waals surface area contributed by atoms with Crippen molar-refractivity contribution in [3.63, 3.8) is 0 Å². The number of benzene rings is 1. The van der Waals surface area contributed by atoms with Crippen molar-refractivity contribution in [2.75, 3.05) is 19.4 Å². The highest BCUT2D eigenvalue weighted by atomic mass is 16.2. The lowest BCUT2D eigenvalue weighted by Crippen LogP contribution is -2.23. The van der Waals surface area contributed by atoms with E-state index in [-0.39, 0.29) is 5.91 Å². The Labute approximate surface area is 125 Å². The SMILES string of the molecule is Cc1ccncc1CNc1ccc(CC(=O)N(C)C)cc1. The highest BCUT2D eigenvalue weighted by Gasteiger charge is 2.05. The fourth-order valence-corrected chi connectivity index (χ4v) is 1.95. The Kier molecular flexibility index (Phi) is 4.93. The van der Waals surface area contributed by atoms with Gasteiger partial charge in [-0.3, -0.25) is 9.78 Å². The molecule has 1 aromatic carbocycles. The summed E-state index contributed by atoms with van der Waals surface area (Å²) < 4.78 is 0. The van der Waals surface area contributed by atoms with E-state index in [4.69, 9.17) is 0 Å². The van der Waals surface area contributed by atoms with Gasteiger partial charge in [-0.15, -0.1) is 0 Å². The number of pyridine rings is 1. The molecule has 0 radical (unpaired) electrons. The maximum absolute atomic E-state index is 11.6. The molecule has 0 atom stereocenters. The molecule has 4 heteroatoms. The number of hydrogen-bond donors (Lipinski definition) is 1. The minimum absolute atomic E-state index is 0.113. The number of aromatic nitrogens is 1. The number of nitrogens with zero attached hydrogens (tertiary/aromatic N) is 2. The number of carbonyl (C=O) groups excluding carboxylic acids is 1. The monoisotopic (exact) mass is 283 g/mol. The second-order valence-corrected chi connectivity index (χ2v) is 5.32.